The van der Waals surface area contributed by atoms with Crippen molar-refractivity contribution in [1.82, 2.24) is 4.90 Å². The Balaban J connectivity index is 2.42. The smallest absolute Gasteiger partial charge is 0.222 e. The zero-order valence-electron chi connectivity index (χ0n) is 8.18. The lowest BCUT2D eigenvalue weighted by Crippen LogP contribution is -2.33. The van der Waals surface area contributed by atoms with E-state index in [-0.39, 0.29) is 0 Å². The van der Waals surface area contributed by atoms with Crippen molar-refractivity contribution < 1.29 is 4.79 Å². The molecule has 2 heteroatoms. The van der Waals surface area contributed by atoms with Gasteiger partial charge in [0.25, 0.3) is 0 Å². The Hall–Kier alpha value is -0.530. The first-order chi connectivity index (χ1) is 5.70. The standard InChI is InChI=1S/C10H19NO/c1-9(2)8-11-7-5-3-4-6-10(11)12/h9H,3-8H2,1-2H3. The van der Waals surface area contributed by atoms with Crippen LogP contribution in [0.4, 0.5) is 0 Å². The first-order valence-electron chi connectivity index (χ1n) is 4.98. The van der Waals surface area contributed by atoms with Gasteiger partial charge in [-0.15, -0.1) is 0 Å². The van der Waals surface area contributed by atoms with E-state index in [1.54, 1.807) is 0 Å². The monoisotopic (exact) mass is 169 g/mol. The Morgan fingerprint density at radius 2 is 2.08 bits per heavy atom. The van der Waals surface area contributed by atoms with Gasteiger partial charge in [0.05, 0.1) is 0 Å². The van der Waals surface area contributed by atoms with Gasteiger partial charge in [-0.3, -0.25) is 4.79 Å². The van der Waals surface area contributed by atoms with E-state index in [0.717, 1.165) is 25.9 Å². The second-order valence-corrected chi connectivity index (χ2v) is 4.04. The van der Waals surface area contributed by atoms with Crippen molar-refractivity contribution in [3.8, 4) is 0 Å². The van der Waals surface area contributed by atoms with Crippen LogP contribution in [-0.4, -0.2) is 23.9 Å². The SMILES string of the molecule is CC(C)CN1CCCCCC1=O. The van der Waals surface area contributed by atoms with Crippen LogP contribution in [0, 0.1) is 5.92 Å². The van der Waals surface area contributed by atoms with Crippen LogP contribution in [0.5, 0.6) is 0 Å². The van der Waals surface area contributed by atoms with Gasteiger partial charge in [0.1, 0.15) is 0 Å². The Morgan fingerprint density at radius 1 is 1.33 bits per heavy atom. The van der Waals surface area contributed by atoms with Crippen molar-refractivity contribution in [2.75, 3.05) is 13.1 Å². The number of hydrogen-bond acceptors (Lipinski definition) is 1. The molecule has 0 radical (unpaired) electrons. The lowest BCUT2D eigenvalue weighted by molar-refractivity contribution is -0.131. The van der Waals surface area contributed by atoms with Gasteiger partial charge in [-0.2, -0.15) is 0 Å². The minimum absolute atomic E-state index is 0.362. The maximum Gasteiger partial charge on any atom is 0.222 e. The third-order valence-corrected chi connectivity index (χ3v) is 2.26. The van der Waals surface area contributed by atoms with Crippen LogP contribution in [0.2, 0.25) is 0 Å². The molecular formula is C10H19NO. The lowest BCUT2D eigenvalue weighted by atomic mass is 10.2. The van der Waals surface area contributed by atoms with E-state index in [9.17, 15) is 4.79 Å². The highest BCUT2D eigenvalue weighted by molar-refractivity contribution is 5.76. The number of nitrogens with zero attached hydrogens (tertiary/aromatic N) is 1. The molecule has 0 aromatic rings. The van der Waals surface area contributed by atoms with Crippen LogP contribution >= 0.6 is 0 Å². The summed E-state index contributed by atoms with van der Waals surface area (Å²) in [7, 11) is 0. The molecule has 1 aliphatic rings. The Kier molecular flexibility index (Phi) is 3.57. The quantitative estimate of drug-likeness (QED) is 0.619. The molecule has 0 spiro atoms. The first-order valence-corrected chi connectivity index (χ1v) is 4.98. The molecule has 0 aliphatic carbocycles. The molecule has 2 nitrogen and oxygen atoms in total. The Morgan fingerprint density at radius 3 is 2.75 bits per heavy atom. The normalized spacial score (nSPS) is 19.9. The second kappa shape index (κ2) is 4.48. The number of carbonyl (C=O) groups excluding carboxylic acids is 1. The van der Waals surface area contributed by atoms with Crippen molar-refractivity contribution in [1.29, 1.82) is 0 Å². The highest BCUT2D eigenvalue weighted by Gasteiger charge is 2.16. The maximum atomic E-state index is 11.5. The summed E-state index contributed by atoms with van der Waals surface area (Å²) in [5.41, 5.74) is 0. The van der Waals surface area contributed by atoms with Crippen molar-refractivity contribution >= 4 is 5.91 Å². The molecule has 0 aromatic heterocycles. The largest absolute Gasteiger partial charge is 0.342 e. The molecule has 1 amide bonds. The van der Waals surface area contributed by atoms with Gasteiger partial charge in [0.2, 0.25) is 5.91 Å². The van der Waals surface area contributed by atoms with Crippen molar-refractivity contribution in [3.63, 3.8) is 0 Å². The summed E-state index contributed by atoms with van der Waals surface area (Å²) < 4.78 is 0. The highest BCUT2D eigenvalue weighted by atomic mass is 16.2. The molecule has 0 unspecified atom stereocenters. The van der Waals surface area contributed by atoms with E-state index in [1.807, 2.05) is 4.90 Å². The summed E-state index contributed by atoms with van der Waals surface area (Å²) >= 11 is 0. The fourth-order valence-electron chi connectivity index (χ4n) is 1.67. The fourth-order valence-corrected chi connectivity index (χ4v) is 1.67. The Bertz CT molecular complexity index is 154. The predicted molar refractivity (Wildman–Crippen MR) is 49.9 cm³/mol. The Labute approximate surface area is 74.9 Å². The minimum atomic E-state index is 0.362. The van der Waals surface area contributed by atoms with Crippen LogP contribution < -0.4 is 0 Å². The lowest BCUT2D eigenvalue weighted by Gasteiger charge is -2.22. The second-order valence-electron chi connectivity index (χ2n) is 4.04. The molecule has 1 saturated heterocycles. The average Bonchev–Trinajstić information content (AvgIpc) is 2.16. The molecule has 0 saturated carbocycles. The number of likely N-dealkylation sites (tertiary alicyclic amines) is 1. The topological polar surface area (TPSA) is 20.3 Å². The van der Waals surface area contributed by atoms with E-state index in [1.165, 1.54) is 12.8 Å². The molecule has 12 heavy (non-hydrogen) atoms. The zero-order chi connectivity index (χ0) is 8.97. The third kappa shape index (κ3) is 2.84. The number of carbonyl (C=O) groups is 1. The average molecular weight is 169 g/mol. The molecule has 0 atom stereocenters. The van der Waals surface area contributed by atoms with Crippen LogP contribution in [-0.2, 0) is 4.79 Å². The van der Waals surface area contributed by atoms with E-state index in [4.69, 9.17) is 0 Å². The first kappa shape index (κ1) is 9.56. The predicted octanol–water partition coefficient (Wildman–Crippen LogP) is 2.04. The molecule has 1 rings (SSSR count). The summed E-state index contributed by atoms with van der Waals surface area (Å²) in [4.78, 5) is 13.5. The molecule has 0 bridgehead atoms. The molecule has 70 valence electrons. The van der Waals surface area contributed by atoms with E-state index in [0.29, 0.717) is 11.8 Å². The van der Waals surface area contributed by atoms with Gasteiger partial charge in [-0.05, 0) is 18.8 Å². The van der Waals surface area contributed by atoms with Gasteiger partial charge >= 0.3 is 0 Å². The number of rotatable bonds is 2. The molecular weight excluding hydrogens is 150 g/mol. The molecule has 0 aromatic carbocycles. The molecule has 0 N–H and O–H groups in total. The van der Waals surface area contributed by atoms with Gasteiger partial charge in [-0.1, -0.05) is 20.3 Å². The highest BCUT2D eigenvalue weighted by Crippen LogP contribution is 2.12. The van der Waals surface area contributed by atoms with Gasteiger partial charge < -0.3 is 4.90 Å². The van der Waals surface area contributed by atoms with Gasteiger partial charge in [0, 0.05) is 19.5 Å². The third-order valence-electron chi connectivity index (χ3n) is 2.26. The fraction of sp³-hybridized carbons (Fsp3) is 0.900. The van der Waals surface area contributed by atoms with E-state index in [2.05, 4.69) is 13.8 Å². The molecule has 1 fully saturated rings. The van der Waals surface area contributed by atoms with Crippen LogP contribution in [0.1, 0.15) is 39.5 Å². The zero-order valence-corrected chi connectivity index (χ0v) is 8.18. The van der Waals surface area contributed by atoms with Crippen molar-refractivity contribution in [2.45, 2.75) is 39.5 Å². The van der Waals surface area contributed by atoms with Crippen molar-refractivity contribution in [3.05, 3.63) is 0 Å². The minimum Gasteiger partial charge on any atom is -0.342 e. The molecule has 1 aliphatic heterocycles. The summed E-state index contributed by atoms with van der Waals surface area (Å²) in [5, 5.41) is 0. The molecule has 1 heterocycles. The van der Waals surface area contributed by atoms with E-state index < -0.39 is 0 Å². The van der Waals surface area contributed by atoms with Crippen LogP contribution in [0.25, 0.3) is 0 Å². The number of hydrogen-bond donors (Lipinski definition) is 0. The van der Waals surface area contributed by atoms with Gasteiger partial charge in [0.15, 0.2) is 0 Å². The van der Waals surface area contributed by atoms with Gasteiger partial charge in [-0.25, -0.2) is 0 Å². The summed E-state index contributed by atoms with van der Waals surface area (Å²) in [6, 6.07) is 0. The summed E-state index contributed by atoms with van der Waals surface area (Å²) in [5.74, 6) is 0.966. The van der Waals surface area contributed by atoms with Crippen LogP contribution in [0.15, 0.2) is 0 Å². The van der Waals surface area contributed by atoms with Crippen LogP contribution in [0.3, 0.4) is 0 Å². The van der Waals surface area contributed by atoms with E-state index >= 15 is 0 Å². The summed E-state index contributed by atoms with van der Waals surface area (Å²) in [6.45, 7) is 6.26. The maximum absolute atomic E-state index is 11.5. The summed E-state index contributed by atoms with van der Waals surface area (Å²) in [6.07, 6.45) is 4.28. The van der Waals surface area contributed by atoms with Crippen molar-refractivity contribution in [2.24, 2.45) is 5.92 Å². The number of amides is 1.